The summed E-state index contributed by atoms with van der Waals surface area (Å²) in [6.07, 6.45) is 44.3. The third-order valence-electron chi connectivity index (χ3n) is 10.9. The molecule has 0 spiro atoms. The highest BCUT2D eigenvalue weighted by Crippen LogP contribution is 2.22. The van der Waals surface area contributed by atoms with Gasteiger partial charge in [0.05, 0.1) is 19.8 Å². The van der Waals surface area contributed by atoms with Gasteiger partial charge in [0.25, 0.3) is 0 Å². The number of hydrogen-bond acceptors (Lipinski definition) is 9. The summed E-state index contributed by atoms with van der Waals surface area (Å²) in [7, 11) is 0. The topological polar surface area (TPSA) is 135 Å². The molecule has 0 saturated carbocycles. The van der Waals surface area contributed by atoms with Crippen LogP contribution in [0.2, 0.25) is 0 Å². The van der Waals surface area contributed by atoms with Crippen molar-refractivity contribution in [3.05, 3.63) is 48.6 Å². The van der Waals surface area contributed by atoms with Crippen LogP contribution in [0, 0.1) is 0 Å². The van der Waals surface area contributed by atoms with Gasteiger partial charge in [-0.2, -0.15) is 0 Å². The molecule has 1 aliphatic rings. The minimum atomic E-state index is -1.54. The molecule has 59 heavy (non-hydrogen) atoms. The predicted molar refractivity (Wildman–Crippen MR) is 242 cm³/mol. The second-order valence-corrected chi connectivity index (χ2v) is 16.6. The first-order chi connectivity index (χ1) is 28.9. The predicted octanol–water partition coefficient (Wildman–Crippen LogP) is 11.3. The molecule has 9 heteroatoms. The fourth-order valence-corrected chi connectivity index (χ4v) is 7.15. The van der Waals surface area contributed by atoms with Crippen LogP contribution in [-0.2, 0) is 23.7 Å². The number of hydrogen-bond donors (Lipinski definition) is 4. The summed E-state index contributed by atoms with van der Waals surface area (Å²) in [5.41, 5.74) is 0. The minimum absolute atomic E-state index is 0.118. The smallest absolute Gasteiger partial charge is 0.306 e. The van der Waals surface area contributed by atoms with E-state index in [1.807, 2.05) is 0 Å². The standard InChI is InChI=1S/C50H90O9/c1-3-5-7-9-11-13-15-16-17-18-19-20-21-22-23-24-25-26-27-28-29-31-33-35-37-39-46(52)58-44(43-57-50-49(55)48(54)47(53)45(41-51)59-50)42-56-40-38-36-34-32-30-14-12-10-8-6-4-2/h8,10,15-16,18-19,21-22,44-45,47-51,53-55H,3-7,9,11-14,17,20,23-43H2,1-2H3/b10-8-,16-15-,19-18-,22-21-. The van der Waals surface area contributed by atoms with E-state index in [9.17, 15) is 25.2 Å². The highest BCUT2D eigenvalue weighted by molar-refractivity contribution is 5.69. The molecule has 9 nitrogen and oxygen atoms in total. The SMILES string of the molecule is CCC/C=C\CCCCCCCCOCC(COC1OC(CO)C(O)C(O)C1O)OC(=O)CCCCCCCCCCCC/C=C\C/C=C\C/C=C\CCCCCCC. The van der Waals surface area contributed by atoms with Crippen molar-refractivity contribution in [2.45, 2.75) is 237 Å². The summed E-state index contributed by atoms with van der Waals surface area (Å²) in [6.45, 7) is 4.48. The fourth-order valence-electron chi connectivity index (χ4n) is 7.15. The van der Waals surface area contributed by atoms with Crippen LogP contribution in [0.25, 0.3) is 0 Å². The summed E-state index contributed by atoms with van der Waals surface area (Å²) in [4.78, 5) is 12.8. The Kier molecular flexibility index (Phi) is 38.8. The van der Waals surface area contributed by atoms with E-state index in [-0.39, 0.29) is 19.2 Å². The van der Waals surface area contributed by atoms with Crippen LogP contribution in [0.1, 0.15) is 200 Å². The maximum absolute atomic E-state index is 12.8. The molecule has 1 rings (SSSR count). The monoisotopic (exact) mass is 835 g/mol. The average Bonchev–Trinajstić information content (AvgIpc) is 3.24. The van der Waals surface area contributed by atoms with Crippen LogP contribution >= 0.6 is 0 Å². The molecule has 6 atom stereocenters. The molecule has 0 bridgehead atoms. The maximum Gasteiger partial charge on any atom is 0.306 e. The first kappa shape index (κ1) is 55.2. The van der Waals surface area contributed by atoms with Crippen molar-refractivity contribution in [3.8, 4) is 0 Å². The van der Waals surface area contributed by atoms with Crippen molar-refractivity contribution in [2.75, 3.05) is 26.4 Å². The lowest BCUT2D eigenvalue weighted by molar-refractivity contribution is -0.305. The molecule has 0 amide bonds. The second-order valence-electron chi connectivity index (χ2n) is 16.6. The van der Waals surface area contributed by atoms with Crippen LogP contribution in [0.3, 0.4) is 0 Å². The van der Waals surface area contributed by atoms with Crippen LogP contribution in [0.4, 0.5) is 0 Å². The summed E-state index contributed by atoms with van der Waals surface area (Å²) in [6, 6.07) is 0. The van der Waals surface area contributed by atoms with Gasteiger partial charge in [0.1, 0.15) is 30.5 Å². The number of unbranched alkanes of at least 4 members (excludes halogenated alkanes) is 22. The highest BCUT2D eigenvalue weighted by Gasteiger charge is 2.44. The number of rotatable bonds is 41. The zero-order chi connectivity index (χ0) is 42.9. The van der Waals surface area contributed by atoms with Crippen LogP contribution in [-0.4, -0.2) is 89.6 Å². The molecule has 0 aromatic rings. The lowest BCUT2D eigenvalue weighted by Gasteiger charge is -2.39. The molecule has 0 radical (unpaired) electrons. The molecule has 1 aliphatic heterocycles. The molecule has 0 aromatic carbocycles. The molecule has 1 heterocycles. The third kappa shape index (κ3) is 32.5. The number of allylic oxidation sites excluding steroid dienone is 8. The van der Waals surface area contributed by atoms with Crippen LogP contribution < -0.4 is 0 Å². The van der Waals surface area contributed by atoms with Crippen molar-refractivity contribution < 1.29 is 44.2 Å². The van der Waals surface area contributed by atoms with Gasteiger partial charge in [0, 0.05) is 13.0 Å². The van der Waals surface area contributed by atoms with E-state index in [0.717, 1.165) is 64.2 Å². The zero-order valence-corrected chi connectivity index (χ0v) is 37.7. The van der Waals surface area contributed by atoms with Crippen LogP contribution in [0.5, 0.6) is 0 Å². The van der Waals surface area contributed by atoms with Gasteiger partial charge in [-0.3, -0.25) is 4.79 Å². The van der Waals surface area contributed by atoms with Crippen molar-refractivity contribution in [1.82, 2.24) is 0 Å². The quantitative estimate of drug-likeness (QED) is 0.0270. The first-order valence-corrected chi connectivity index (χ1v) is 24.2. The highest BCUT2D eigenvalue weighted by atomic mass is 16.7. The summed E-state index contributed by atoms with van der Waals surface area (Å²) in [5.74, 6) is -0.321. The Balaban J connectivity index is 2.18. The average molecular weight is 835 g/mol. The normalized spacial score (nSPS) is 20.5. The number of carbonyl (C=O) groups excluding carboxylic acids is 1. The number of aliphatic hydroxyl groups is 4. The Hall–Kier alpha value is -1.85. The molecule has 4 N–H and O–H groups in total. The largest absolute Gasteiger partial charge is 0.457 e. The first-order valence-electron chi connectivity index (χ1n) is 24.2. The van der Waals surface area contributed by atoms with Gasteiger partial charge < -0.3 is 39.4 Å². The van der Waals surface area contributed by atoms with E-state index in [1.165, 1.54) is 116 Å². The zero-order valence-electron chi connectivity index (χ0n) is 37.7. The van der Waals surface area contributed by atoms with E-state index >= 15 is 0 Å². The van der Waals surface area contributed by atoms with Gasteiger partial charge in [0.15, 0.2) is 6.29 Å². The lowest BCUT2D eigenvalue weighted by Crippen LogP contribution is -2.59. The van der Waals surface area contributed by atoms with Gasteiger partial charge in [-0.1, -0.05) is 172 Å². The van der Waals surface area contributed by atoms with Gasteiger partial charge >= 0.3 is 5.97 Å². The molecule has 6 unspecified atom stereocenters. The Bertz CT molecular complexity index is 1040. The number of carbonyl (C=O) groups is 1. The molecule has 1 saturated heterocycles. The van der Waals surface area contributed by atoms with Gasteiger partial charge in [-0.25, -0.2) is 0 Å². The maximum atomic E-state index is 12.8. The van der Waals surface area contributed by atoms with E-state index in [1.54, 1.807) is 0 Å². The van der Waals surface area contributed by atoms with Crippen molar-refractivity contribution in [1.29, 1.82) is 0 Å². The minimum Gasteiger partial charge on any atom is -0.457 e. The lowest BCUT2D eigenvalue weighted by atomic mass is 9.99. The van der Waals surface area contributed by atoms with E-state index in [4.69, 9.17) is 18.9 Å². The molecule has 1 fully saturated rings. The van der Waals surface area contributed by atoms with Crippen molar-refractivity contribution in [3.63, 3.8) is 0 Å². The van der Waals surface area contributed by atoms with E-state index in [0.29, 0.717) is 13.0 Å². The number of ether oxygens (including phenoxy) is 4. The van der Waals surface area contributed by atoms with Crippen molar-refractivity contribution in [2.24, 2.45) is 0 Å². The molecular formula is C50H90O9. The number of esters is 1. The molecular weight excluding hydrogens is 745 g/mol. The molecule has 0 aliphatic carbocycles. The second kappa shape index (κ2) is 41.5. The van der Waals surface area contributed by atoms with Gasteiger partial charge in [-0.15, -0.1) is 0 Å². The Morgan fingerprint density at radius 2 is 1.02 bits per heavy atom. The third-order valence-corrected chi connectivity index (χ3v) is 10.9. The van der Waals surface area contributed by atoms with Gasteiger partial charge in [-0.05, 0) is 70.6 Å². The number of aliphatic hydroxyl groups excluding tert-OH is 4. The summed E-state index contributed by atoms with van der Waals surface area (Å²) in [5, 5.41) is 40.1. The summed E-state index contributed by atoms with van der Waals surface area (Å²) >= 11 is 0. The van der Waals surface area contributed by atoms with E-state index < -0.39 is 43.4 Å². The molecule has 0 aromatic heterocycles. The fraction of sp³-hybridized carbons (Fsp3) is 0.820. The Morgan fingerprint density at radius 3 is 1.56 bits per heavy atom. The Labute approximate surface area is 361 Å². The van der Waals surface area contributed by atoms with Crippen LogP contribution in [0.15, 0.2) is 48.6 Å². The van der Waals surface area contributed by atoms with Crippen molar-refractivity contribution >= 4 is 5.97 Å². The van der Waals surface area contributed by atoms with Gasteiger partial charge in [0.2, 0.25) is 0 Å². The van der Waals surface area contributed by atoms with E-state index in [2.05, 4.69) is 62.5 Å². The Morgan fingerprint density at radius 1 is 0.542 bits per heavy atom. The summed E-state index contributed by atoms with van der Waals surface area (Å²) < 4.78 is 22.8. The molecule has 344 valence electrons.